The van der Waals surface area contributed by atoms with Gasteiger partial charge in [-0.25, -0.2) is 0 Å². The molecule has 3 rings (SSSR count). The lowest BCUT2D eigenvalue weighted by atomic mass is 9.87. The van der Waals surface area contributed by atoms with Crippen LogP contribution in [-0.4, -0.2) is 37.1 Å². The molecule has 0 aromatic heterocycles. The number of nitrogens with one attached hydrogen (secondary N) is 1. The summed E-state index contributed by atoms with van der Waals surface area (Å²) in [5.74, 6) is 0. The minimum atomic E-state index is 0. The molecule has 1 saturated carbocycles. The fraction of sp³-hybridized carbons (Fsp3) is 1.00. The largest absolute Gasteiger partial charge is 0.316 e. The van der Waals surface area contributed by atoms with Gasteiger partial charge in [0.05, 0.1) is 0 Å². The Balaban J connectivity index is 0.000000653. The minimum absolute atomic E-state index is 0. The van der Waals surface area contributed by atoms with Gasteiger partial charge < -0.3 is 5.32 Å². The molecule has 2 aliphatic heterocycles. The predicted octanol–water partition coefficient (Wildman–Crippen LogP) is 1.26. The smallest absolute Gasteiger partial charge is 0.00966 e. The van der Waals surface area contributed by atoms with Gasteiger partial charge in [-0.2, -0.15) is 0 Å². The highest BCUT2D eigenvalue weighted by Gasteiger charge is 2.44. The van der Waals surface area contributed by atoms with Crippen molar-refractivity contribution >= 4 is 12.4 Å². The summed E-state index contributed by atoms with van der Waals surface area (Å²) in [6.07, 6.45) is 5.83. The van der Waals surface area contributed by atoms with Crippen LogP contribution in [0.15, 0.2) is 0 Å². The number of nitrogens with zero attached hydrogens (tertiary/aromatic N) is 1. The summed E-state index contributed by atoms with van der Waals surface area (Å²) >= 11 is 0. The van der Waals surface area contributed by atoms with E-state index in [1.807, 2.05) is 0 Å². The average Bonchev–Trinajstić information content (AvgIpc) is 2.72. The number of hydrogen-bond donors (Lipinski definition) is 1. The van der Waals surface area contributed by atoms with E-state index >= 15 is 0 Å². The van der Waals surface area contributed by atoms with Crippen molar-refractivity contribution in [1.29, 1.82) is 0 Å². The van der Waals surface area contributed by atoms with Crippen molar-refractivity contribution in [2.75, 3.05) is 26.2 Å². The molecule has 1 N–H and O–H groups in total. The first kappa shape index (κ1) is 9.75. The van der Waals surface area contributed by atoms with Gasteiger partial charge in [0.1, 0.15) is 0 Å². The van der Waals surface area contributed by atoms with Crippen LogP contribution in [0, 0.1) is 5.41 Å². The number of hydrogen-bond acceptors (Lipinski definition) is 2. The molecule has 1 aliphatic carbocycles. The van der Waals surface area contributed by atoms with Crippen molar-refractivity contribution in [2.45, 2.75) is 31.7 Å². The Hall–Kier alpha value is 0.210. The summed E-state index contributed by atoms with van der Waals surface area (Å²) in [4.78, 5) is 2.73. The molecule has 76 valence electrons. The molecular weight excluding hydrogens is 184 g/mol. The molecule has 3 heteroatoms. The van der Waals surface area contributed by atoms with E-state index < -0.39 is 0 Å². The lowest BCUT2D eigenvalue weighted by Gasteiger charge is -2.22. The average molecular weight is 203 g/mol. The van der Waals surface area contributed by atoms with E-state index in [2.05, 4.69) is 10.2 Å². The third kappa shape index (κ3) is 1.72. The lowest BCUT2D eigenvalue weighted by Crippen LogP contribution is -2.30. The summed E-state index contributed by atoms with van der Waals surface area (Å²) in [6.45, 7) is 5.33. The van der Waals surface area contributed by atoms with Crippen molar-refractivity contribution in [3.63, 3.8) is 0 Å². The Morgan fingerprint density at radius 3 is 2.69 bits per heavy atom. The monoisotopic (exact) mass is 202 g/mol. The van der Waals surface area contributed by atoms with Crippen LogP contribution in [-0.2, 0) is 0 Å². The van der Waals surface area contributed by atoms with Crippen molar-refractivity contribution < 1.29 is 0 Å². The van der Waals surface area contributed by atoms with E-state index in [4.69, 9.17) is 0 Å². The first-order valence-electron chi connectivity index (χ1n) is 5.33. The Morgan fingerprint density at radius 2 is 2.08 bits per heavy atom. The standard InChI is InChI=1S/C10H18N2.ClH/c1-2-9(1)12-6-4-10(8-12)3-5-11-7-10;/h9,11H,1-8H2;1H. The molecular formula is C10H19ClN2. The molecule has 0 amide bonds. The van der Waals surface area contributed by atoms with Crippen LogP contribution in [0.25, 0.3) is 0 Å². The topological polar surface area (TPSA) is 15.3 Å². The molecule has 0 aromatic carbocycles. The van der Waals surface area contributed by atoms with Crippen molar-refractivity contribution in [3.05, 3.63) is 0 Å². The summed E-state index contributed by atoms with van der Waals surface area (Å²) in [6, 6.07) is 0.991. The molecule has 1 spiro atoms. The van der Waals surface area contributed by atoms with Gasteiger partial charge >= 0.3 is 0 Å². The first-order chi connectivity index (χ1) is 5.88. The summed E-state index contributed by atoms with van der Waals surface area (Å²) in [5, 5.41) is 3.51. The molecule has 1 atom stereocenters. The Labute approximate surface area is 86.5 Å². The number of likely N-dealkylation sites (tertiary alicyclic amines) is 1. The van der Waals surface area contributed by atoms with Gasteiger partial charge in [-0.1, -0.05) is 0 Å². The van der Waals surface area contributed by atoms with E-state index in [1.54, 1.807) is 0 Å². The molecule has 2 nitrogen and oxygen atoms in total. The zero-order chi connectivity index (χ0) is 8.02. The maximum Gasteiger partial charge on any atom is 0.00966 e. The van der Waals surface area contributed by atoms with Gasteiger partial charge in [-0.15, -0.1) is 12.4 Å². The van der Waals surface area contributed by atoms with Crippen LogP contribution >= 0.6 is 12.4 Å². The Morgan fingerprint density at radius 1 is 1.23 bits per heavy atom. The fourth-order valence-corrected chi connectivity index (χ4v) is 2.86. The van der Waals surface area contributed by atoms with Gasteiger partial charge in [0.15, 0.2) is 0 Å². The van der Waals surface area contributed by atoms with Crippen LogP contribution in [0.5, 0.6) is 0 Å². The Bertz CT molecular complexity index is 185. The highest BCUT2D eigenvalue weighted by atomic mass is 35.5. The highest BCUT2D eigenvalue weighted by molar-refractivity contribution is 5.85. The van der Waals surface area contributed by atoms with Crippen LogP contribution < -0.4 is 5.32 Å². The van der Waals surface area contributed by atoms with Gasteiger partial charge in [-0.3, -0.25) is 4.90 Å². The van der Waals surface area contributed by atoms with Gasteiger partial charge in [0, 0.05) is 19.1 Å². The molecule has 0 radical (unpaired) electrons. The van der Waals surface area contributed by atoms with E-state index in [0.29, 0.717) is 5.41 Å². The van der Waals surface area contributed by atoms with E-state index in [9.17, 15) is 0 Å². The second-order valence-electron chi connectivity index (χ2n) is 4.88. The van der Waals surface area contributed by atoms with E-state index in [-0.39, 0.29) is 12.4 Å². The van der Waals surface area contributed by atoms with Crippen LogP contribution in [0.2, 0.25) is 0 Å². The molecule has 2 heterocycles. The maximum atomic E-state index is 3.51. The predicted molar refractivity (Wildman–Crippen MR) is 56.4 cm³/mol. The number of halogens is 1. The second kappa shape index (κ2) is 3.41. The molecule has 0 aromatic rings. The number of rotatable bonds is 1. The van der Waals surface area contributed by atoms with Crippen LogP contribution in [0.3, 0.4) is 0 Å². The van der Waals surface area contributed by atoms with Crippen molar-refractivity contribution in [2.24, 2.45) is 5.41 Å². The first-order valence-corrected chi connectivity index (χ1v) is 5.33. The molecule has 3 aliphatic rings. The van der Waals surface area contributed by atoms with E-state index in [1.165, 1.54) is 51.9 Å². The van der Waals surface area contributed by atoms with Crippen LogP contribution in [0.1, 0.15) is 25.7 Å². The molecule has 2 saturated heterocycles. The SMILES string of the molecule is C1CC2(CCN(C3CC3)C2)CN1.Cl. The zero-order valence-corrected chi connectivity index (χ0v) is 8.91. The third-order valence-corrected chi connectivity index (χ3v) is 3.86. The molecule has 13 heavy (non-hydrogen) atoms. The fourth-order valence-electron chi connectivity index (χ4n) is 2.86. The highest BCUT2D eigenvalue weighted by Crippen LogP contribution is 2.40. The Kier molecular flexibility index (Phi) is 2.56. The molecule has 3 fully saturated rings. The summed E-state index contributed by atoms with van der Waals surface area (Å²) < 4.78 is 0. The quantitative estimate of drug-likeness (QED) is 0.689. The molecule has 1 unspecified atom stereocenters. The normalized spacial score (nSPS) is 39.7. The lowest BCUT2D eigenvalue weighted by molar-refractivity contribution is 0.267. The van der Waals surface area contributed by atoms with Gasteiger partial charge in [0.2, 0.25) is 0 Å². The van der Waals surface area contributed by atoms with Gasteiger partial charge in [0.25, 0.3) is 0 Å². The molecule has 0 bridgehead atoms. The third-order valence-electron chi connectivity index (χ3n) is 3.86. The zero-order valence-electron chi connectivity index (χ0n) is 8.09. The van der Waals surface area contributed by atoms with Gasteiger partial charge in [-0.05, 0) is 44.2 Å². The minimum Gasteiger partial charge on any atom is -0.316 e. The summed E-state index contributed by atoms with van der Waals surface area (Å²) in [5.41, 5.74) is 0.697. The van der Waals surface area contributed by atoms with E-state index in [0.717, 1.165) is 6.04 Å². The maximum absolute atomic E-state index is 3.51. The van der Waals surface area contributed by atoms with Crippen LogP contribution in [0.4, 0.5) is 0 Å². The van der Waals surface area contributed by atoms with Crippen molar-refractivity contribution in [1.82, 2.24) is 10.2 Å². The van der Waals surface area contributed by atoms with Crippen molar-refractivity contribution in [3.8, 4) is 0 Å². The summed E-state index contributed by atoms with van der Waals surface area (Å²) in [7, 11) is 0. The second-order valence-corrected chi connectivity index (χ2v) is 4.88.